The lowest BCUT2D eigenvalue weighted by molar-refractivity contribution is -0.0911. The SMILES string of the molecule is CC(C)C/C=C/[C@@H](C)[C@H]1CC[C@@H]2[C@]1(C)CC[C@@]13O[C@@]21[C@H](O)[C@@H]1O[C@@]12C[C@@H](O)CC[C@]32C. The molecule has 174 valence electrons. The Hall–Kier alpha value is -0.420. The lowest BCUT2D eigenvalue weighted by Gasteiger charge is -2.56. The third-order valence-electron chi connectivity index (χ3n) is 11.4. The molecule has 4 nitrogen and oxygen atoms in total. The molecule has 0 bridgehead atoms. The number of aliphatic hydroxyl groups is 2. The van der Waals surface area contributed by atoms with Crippen LogP contribution in [-0.2, 0) is 9.47 Å². The third kappa shape index (κ3) is 2.22. The first-order chi connectivity index (χ1) is 14.6. The maximum Gasteiger partial charge on any atom is 0.130 e. The van der Waals surface area contributed by atoms with E-state index in [1.807, 2.05) is 0 Å². The lowest BCUT2D eigenvalue weighted by atomic mass is 9.43. The van der Waals surface area contributed by atoms with E-state index in [-0.39, 0.29) is 34.2 Å². The second kappa shape index (κ2) is 6.17. The fourth-order valence-electron chi connectivity index (χ4n) is 9.76. The Balaban J connectivity index is 1.33. The Morgan fingerprint density at radius 1 is 1.03 bits per heavy atom. The molecular formula is C27H42O4. The van der Waals surface area contributed by atoms with Crippen molar-refractivity contribution in [2.75, 3.05) is 0 Å². The molecule has 6 fully saturated rings. The van der Waals surface area contributed by atoms with Crippen LogP contribution in [0.4, 0.5) is 0 Å². The van der Waals surface area contributed by atoms with E-state index in [0.717, 1.165) is 32.1 Å². The molecule has 2 saturated heterocycles. The molecule has 2 heterocycles. The fourth-order valence-corrected chi connectivity index (χ4v) is 9.76. The van der Waals surface area contributed by atoms with E-state index in [1.54, 1.807) is 0 Å². The molecule has 4 saturated carbocycles. The molecule has 4 aliphatic carbocycles. The van der Waals surface area contributed by atoms with Crippen molar-refractivity contribution >= 4 is 0 Å². The summed E-state index contributed by atoms with van der Waals surface area (Å²) >= 11 is 0. The summed E-state index contributed by atoms with van der Waals surface area (Å²) in [4.78, 5) is 0. The standard InChI is InChI=1S/C27H42O4/c1-16(2)7-6-8-17(3)19-9-10-20-23(19,4)13-14-26-24(5)12-11-18(28)15-25(24)22(30-25)21(29)27(20,26)31-26/h6,8,16-22,28-29H,7,9-15H2,1-5H3/b8-6+/t17-,18+,19-,20-,21-,22+,23-,24+,25+,26+,27-/m1/s1. The maximum atomic E-state index is 11.7. The van der Waals surface area contributed by atoms with Crippen LogP contribution in [0.2, 0.25) is 0 Å². The number of hydrogen-bond donors (Lipinski definition) is 2. The quantitative estimate of drug-likeness (QED) is 0.504. The van der Waals surface area contributed by atoms with Crippen LogP contribution in [0, 0.1) is 34.5 Å². The molecule has 6 rings (SSSR count). The molecule has 0 aromatic heterocycles. The summed E-state index contributed by atoms with van der Waals surface area (Å²) in [6, 6.07) is 0. The average Bonchev–Trinajstić information content (AvgIpc) is 3.57. The van der Waals surface area contributed by atoms with Crippen molar-refractivity contribution in [2.24, 2.45) is 34.5 Å². The highest BCUT2D eigenvalue weighted by Gasteiger charge is 2.97. The van der Waals surface area contributed by atoms with Crippen LogP contribution in [0.15, 0.2) is 12.2 Å². The molecule has 2 aliphatic heterocycles. The van der Waals surface area contributed by atoms with Crippen LogP contribution in [-0.4, -0.2) is 45.3 Å². The van der Waals surface area contributed by atoms with Gasteiger partial charge in [0.05, 0.1) is 6.10 Å². The first-order valence-corrected chi connectivity index (χ1v) is 13.0. The van der Waals surface area contributed by atoms with Crippen LogP contribution >= 0.6 is 0 Å². The van der Waals surface area contributed by atoms with Crippen molar-refractivity contribution in [2.45, 2.75) is 121 Å². The molecule has 0 aromatic rings. The molecule has 2 N–H and O–H groups in total. The van der Waals surface area contributed by atoms with Gasteiger partial charge in [0.2, 0.25) is 0 Å². The first-order valence-electron chi connectivity index (χ1n) is 13.0. The van der Waals surface area contributed by atoms with Crippen molar-refractivity contribution in [3.8, 4) is 0 Å². The second-order valence-corrected chi connectivity index (χ2v) is 13.0. The summed E-state index contributed by atoms with van der Waals surface area (Å²) < 4.78 is 13.3. The molecule has 6 aliphatic rings. The minimum atomic E-state index is -0.555. The van der Waals surface area contributed by atoms with Gasteiger partial charge in [-0.25, -0.2) is 0 Å². The van der Waals surface area contributed by atoms with Crippen molar-refractivity contribution in [1.29, 1.82) is 0 Å². The topological polar surface area (TPSA) is 65.5 Å². The van der Waals surface area contributed by atoms with Crippen LogP contribution in [0.25, 0.3) is 0 Å². The predicted octanol–water partition coefficient (Wildman–Crippen LogP) is 4.62. The second-order valence-electron chi connectivity index (χ2n) is 13.0. The van der Waals surface area contributed by atoms with E-state index in [0.29, 0.717) is 30.1 Å². The molecule has 0 unspecified atom stereocenters. The van der Waals surface area contributed by atoms with E-state index in [2.05, 4.69) is 46.8 Å². The Morgan fingerprint density at radius 2 is 1.81 bits per heavy atom. The minimum absolute atomic E-state index is 0.0919. The highest BCUT2D eigenvalue weighted by molar-refractivity contribution is 5.44. The molecule has 4 heteroatoms. The smallest absolute Gasteiger partial charge is 0.130 e. The van der Waals surface area contributed by atoms with Crippen molar-refractivity contribution < 1.29 is 19.7 Å². The van der Waals surface area contributed by atoms with Gasteiger partial charge in [0, 0.05) is 11.8 Å². The Labute approximate surface area is 187 Å². The number of hydrogen-bond acceptors (Lipinski definition) is 4. The summed E-state index contributed by atoms with van der Waals surface area (Å²) in [6.07, 6.45) is 12.0. The largest absolute Gasteiger partial charge is 0.393 e. The van der Waals surface area contributed by atoms with Crippen LogP contribution in [0.3, 0.4) is 0 Å². The lowest BCUT2D eigenvalue weighted by Crippen LogP contribution is -2.68. The van der Waals surface area contributed by atoms with Crippen molar-refractivity contribution in [1.82, 2.24) is 0 Å². The molecular weight excluding hydrogens is 388 g/mol. The van der Waals surface area contributed by atoms with Gasteiger partial charge in [-0.2, -0.15) is 0 Å². The zero-order chi connectivity index (χ0) is 22.0. The highest BCUT2D eigenvalue weighted by atomic mass is 16.7. The van der Waals surface area contributed by atoms with Crippen LogP contribution in [0.5, 0.6) is 0 Å². The van der Waals surface area contributed by atoms with Crippen molar-refractivity contribution in [3.05, 3.63) is 12.2 Å². The summed E-state index contributed by atoms with van der Waals surface area (Å²) in [5.74, 6) is 2.32. The number of epoxide rings is 2. The number of rotatable bonds is 4. The molecule has 0 amide bonds. The average molecular weight is 431 g/mol. The Kier molecular flexibility index (Phi) is 4.21. The monoisotopic (exact) mass is 430 g/mol. The zero-order valence-electron chi connectivity index (χ0n) is 20.1. The summed E-state index contributed by atoms with van der Waals surface area (Å²) in [6.45, 7) is 11.8. The van der Waals surface area contributed by atoms with Gasteiger partial charge in [-0.1, -0.05) is 46.8 Å². The number of aliphatic hydroxyl groups excluding tert-OH is 2. The molecule has 0 radical (unpaired) electrons. The number of ether oxygens (including phenoxy) is 2. The third-order valence-corrected chi connectivity index (χ3v) is 11.4. The van der Waals surface area contributed by atoms with E-state index in [1.165, 1.54) is 12.8 Å². The van der Waals surface area contributed by atoms with Gasteiger partial charge in [0.1, 0.15) is 29.0 Å². The molecule has 0 aromatic carbocycles. The van der Waals surface area contributed by atoms with E-state index >= 15 is 0 Å². The molecule has 31 heavy (non-hydrogen) atoms. The van der Waals surface area contributed by atoms with E-state index in [9.17, 15) is 10.2 Å². The van der Waals surface area contributed by atoms with Gasteiger partial charge >= 0.3 is 0 Å². The first kappa shape index (κ1) is 21.1. The minimum Gasteiger partial charge on any atom is -0.393 e. The van der Waals surface area contributed by atoms with Gasteiger partial charge < -0.3 is 19.7 Å². The van der Waals surface area contributed by atoms with Gasteiger partial charge in [-0.3, -0.25) is 0 Å². The summed E-state index contributed by atoms with van der Waals surface area (Å²) in [5, 5.41) is 22.1. The van der Waals surface area contributed by atoms with Crippen molar-refractivity contribution in [3.63, 3.8) is 0 Å². The summed E-state index contributed by atoms with van der Waals surface area (Å²) in [7, 11) is 0. The van der Waals surface area contributed by atoms with E-state index in [4.69, 9.17) is 9.47 Å². The molecule has 1 spiro atoms. The Morgan fingerprint density at radius 3 is 2.55 bits per heavy atom. The van der Waals surface area contributed by atoms with Crippen LogP contribution in [0.1, 0.15) is 86.0 Å². The van der Waals surface area contributed by atoms with Gasteiger partial charge in [-0.05, 0) is 74.0 Å². The number of allylic oxidation sites excluding steroid dienone is 2. The predicted molar refractivity (Wildman–Crippen MR) is 119 cm³/mol. The summed E-state index contributed by atoms with van der Waals surface area (Å²) in [5.41, 5.74) is -0.948. The highest BCUT2D eigenvalue weighted by Crippen LogP contribution is 2.85. The number of fused-ring (bicyclic) bond motifs is 1. The van der Waals surface area contributed by atoms with Crippen LogP contribution < -0.4 is 0 Å². The molecule has 11 atom stereocenters. The maximum absolute atomic E-state index is 11.7. The zero-order valence-corrected chi connectivity index (χ0v) is 20.1. The van der Waals surface area contributed by atoms with Gasteiger partial charge in [0.25, 0.3) is 0 Å². The Bertz CT molecular complexity index is 809. The fraction of sp³-hybridized carbons (Fsp3) is 0.926. The van der Waals surface area contributed by atoms with Gasteiger partial charge in [0.15, 0.2) is 0 Å². The van der Waals surface area contributed by atoms with E-state index < -0.39 is 11.7 Å². The van der Waals surface area contributed by atoms with Gasteiger partial charge in [-0.15, -0.1) is 0 Å². The normalized spacial score (nSPS) is 60.1.